The molecular formula is C56H37NO. The standard InChI is InChI=1S/C56H37NO/c1-2-14-43-36-45(31-30-38(43)12-1)40-28-26-39(27-29-40)44-16-9-17-47(37-44)57(46-34-32-42(33-35-46)49-21-10-15-41-13-3-4-18-48(41)49)54-24-7-5-19-50(54)52-22-11-23-53-51-20-6-8-25-55(51)58-56(52)53/h1-37H. The molecule has 1 heterocycles. The Balaban J connectivity index is 1.04. The van der Waals surface area contributed by atoms with E-state index in [-0.39, 0.29) is 0 Å². The molecule has 0 aliphatic heterocycles. The molecular weight excluding hydrogens is 703 g/mol. The predicted octanol–water partition coefficient (Wildman–Crippen LogP) is 16.0. The summed E-state index contributed by atoms with van der Waals surface area (Å²) in [5, 5.41) is 7.22. The Morgan fingerprint density at radius 3 is 1.71 bits per heavy atom. The van der Waals surface area contributed by atoms with E-state index in [9.17, 15) is 0 Å². The zero-order chi connectivity index (χ0) is 38.4. The molecule has 0 spiro atoms. The van der Waals surface area contributed by atoms with Crippen LogP contribution in [0.4, 0.5) is 17.1 Å². The first-order chi connectivity index (χ1) is 28.7. The Morgan fingerprint density at radius 1 is 0.293 bits per heavy atom. The summed E-state index contributed by atoms with van der Waals surface area (Å²) in [6.45, 7) is 0. The molecule has 0 saturated carbocycles. The highest BCUT2D eigenvalue weighted by Crippen LogP contribution is 2.45. The van der Waals surface area contributed by atoms with Crippen LogP contribution in [0.25, 0.3) is 88.0 Å². The quantitative estimate of drug-likeness (QED) is 0.162. The summed E-state index contributed by atoms with van der Waals surface area (Å²) in [7, 11) is 0. The lowest BCUT2D eigenvalue weighted by Gasteiger charge is -2.28. The number of rotatable bonds is 7. The van der Waals surface area contributed by atoms with Crippen molar-refractivity contribution in [2.45, 2.75) is 0 Å². The lowest BCUT2D eigenvalue weighted by atomic mass is 9.96. The lowest BCUT2D eigenvalue weighted by molar-refractivity contribution is 0.670. The number of anilines is 3. The summed E-state index contributed by atoms with van der Waals surface area (Å²) in [5.74, 6) is 0. The van der Waals surface area contributed by atoms with Crippen molar-refractivity contribution in [1.82, 2.24) is 0 Å². The fraction of sp³-hybridized carbons (Fsp3) is 0. The van der Waals surface area contributed by atoms with Gasteiger partial charge in [-0.3, -0.25) is 0 Å². The molecule has 10 aromatic carbocycles. The molecule has 58 heavy (non-hydrogen) atoms. The van der Waals surface area contributed by atoms with Gasteiger partial charge < -0.3 is 9.32 Å². The van der Waals surface area contributed by atoms with Gasteiger partial charge in [0, 0.05) is 33.3 Å². The summed E-state index contributed by atoms with van der Waals surface area (Å²) >= 11 is 0. The van der Waals surface area contributed by atoms with E-state index >= 15 is 0 Å². The summed E-state index contributed by atoms with van der Waals surface area (Å²) in [4.78, 5) is 2.39. The molecule has 1 aromatic heterocycles. The van der Waals surface area contributed by atoms with Crippen LogP contribution in [0.2, 0.25) is 0 Å². The van der Waals surface area contributed by atoms with E-state index in [2.05, 4.69) is 223 Å². The third kappa shape index (κ3) is 5.91. The van der Waals surface area contributed by atoms with E-state index in [4.69, 9.17) is 4.42 Å². The fourth-order valence-corrected chi connectivity index (χ4v) is 8.60. The molecule has 0 amide bonds. The molecule has 0 fully saturated rings. The topological polar surface area (TPSA) is 16.4 Å². The second kappa shape index (κ2) is 14.1. The minimum atomic E-state index is 0.891. The Morgan fingerprint density at radius 2 is 0.862 bits per heavy atom. The third-order valence-corrected chi connectivity index (χ3v) is 11.5. The summed E-state index contributed by atoms with van der Waals surface area (Å²) < 4.78 is 6.61. The smallest absolute Gasteiger partial charge is 0.143 e. The maximum atomic E-state index is 6.61. The van der Waals surface area contributed by atoms with Crippen molar-refractivity contribution < 1.29 is 4.42 Å². The van der Waals surface area contributed by atoms with E-state index in [1.165, 1.54) is 43.8 Å². The van der Waals surface area contributed by atoms with Gasteiger partial charge in [-0.2, -0.15) is 0 Å². The molecule has 0 aliphatic carbocycles. The molecule has 0 bridgehead atoms. The second-order valence-corrected chi connectivity index (χ2v) is 14.9. The number of benzene rings is 10. The third-order valence-electron chi connectivity index (χ3n) is 11.5. The van der Waals surface area contributed by atoms with Crippen LogP contribution in [0.5, 0.6) is 0 Å². The highest BCUT2D eigenvalue weighted by Gasteiger charge is 2.21. The fourth-order valence-electron chi connectivity index (χ4n) is 8.60. The average molecular weight is 740 g/mol. The van der Waals surface area contributed by atoms with Gasteiger partial charge in [0.2, 0.25) is 0 Å². The van der Waals surface area contributed by atoms with E-state index < -0.39 is 0 Å². The molecule has 0 saturated heterocycles. The largest absolute Gasteiger partial charge is 0.455 e. The van der Waals surface area contributed by atoms with Crippen LogP contribution in [0.3, 0.4) is 0 Å². The summed E-state index contributed by atoms with van der Waals surface area (Å²) in [6, 6.07) is 80.7. The molecule has 0 radical (unpaired) electrons. The van der Waals surface area contributed by atoms with Gasteiger partial charge in [-0.05, 0) is 97.4 Å². The Bertz CT molecular complexity index is 3280. The van der Waals surface area contributed by atoms with E-state index in [0.29, 0.717) is 0 Å². The van der Waals surface area contributed by atoms with Crippen LogP contribution in [-0.2, 0) is 0 Å². The average Bonchev–Trinajstić information content (AvgIpc) is 3.69. The van der Waals surface area contributed by atoms with Gasteiger partial charge >= 0.3 is 0 Å². The predicted molar refractivity (Wildman–Crippen MR) is 245 cm³/mol. The van der Waals surface area contributed by atoms with Crippen LogP contribution >= 0.6 is 0 Å². The normalized spacial score (nSPS) is 11.4. The SMILES string of the molecule is c1cc(-c2ccc(-c3ccc4ccccc4c3)cc2)cc(N(c2ccc(-c3cccc4ccccc34)cc2)c2ccccc2-c2cccc3c2oc2ccccc23)c1. The number of fused-ring (bicyclic) bond motifs is 5. The lowest BCUT2D eigenvalue weighted by Crippen LogP contribution is -2.11. The minimum Gasteiger partial charge on any atom is -0.455 e. The first-order valence-electron chi connectivity index (χ1n) is 19.8. The monoisotopic (exact) mass is 739 g/mol. The zero-order valence-electron chi connectivity index (χ0n) is 31.7. The number of para-hydroxylation sites is 3. The second-order valence-electron chi connectivity index (χ2n) is 14.9. The molecule has 0 atom stereocenters. The van der Waals surface area contributed by atoms with Crippen molar-refractivity contribution >= 4 is 60.5 Å². The van der Waals surface area contributed by atoms with Crippen LogP contribution in [0.15, 0.2) is 229 Å². The highest BCUT2D eigenvalue weighted by molar-refractivity contribution is 6.11. The number of furan rings is 1. The van der Waals surface area contributed by atoms with Crippen LogP contribution < -0.4 is 4.90 Å². The number of nitrogens with zero attached hydrogens (tertiary/aromatic N) is 1. The highest BCUT2D eigenvalue weighted by atomic mass is 16.3. The van der Waals surface area contributed by atoms with Crippen LogP contribution in [0.1, 0.15) is 0 Å². The van der Waals surface area contributed by atoms with Crippen LogP contribution in [-0.4, -0.2) is 0 Å². The Labute approximate surface area is 337 Å². The molecule has 0 aliphatic rings. The van der Waals surface area contributed by atoms with Gasteiger partial charge in [-0.15, -0.1) is 0 Å². The van der Waals surface area contributed by atoms with Gasteiger partial charge in [0.05, 0.1) is 5.69 Å². The van der Waals surface area contributed by atoms with E-state index in [0.717, 1.165) is 61.3 Å². The van der Waals surface area contributed by atoms with Crippen molar-refractivity contribution in [3.8, 4) is 44.5 Å². The van der Waals surface area contributed by atoms with E-state index in [1.54, 1.807) is 0 Å². The first kappa shape index (κ1) is 33.6. The van der Waals surface area contributed by atoms with Crippen molar-refractivity contribution in [2.75, 3.05) is 4.90 Å². The minimum absolute atomic E-state index is 0.891. The summed E-state index contributed by atoms with van der Waals surface area (Å²) in [5.41, 5.74) is 14.3. The number of hydrogen-bond acceptors (Lipinski definition) is 2. The molecule has 0 unspecified atom stereocenters. The molecule has 0 N–H and O–H groups in total. The molecule has 2 heteroatoms. The Hall–Kier alpha value is -7.68. The van der Waals surface area contributed by atoms with Gasteiger partial charge in [-0.25, -0.2) is 0 Å². The molecule has 2 nitrogen and oxygen atoms in total. The number of hydrogen-bond donors (Lipinski definition) is 0. The maximum Gasteiger partial charge on any atom is 0.143 e. The molecule has 11 aromatic rings. The maximum absolute atomic E-state index is 6.61. The summed E-state index contributed by atoms with van der Waals surface area (Å²) in [6.07, 6.45) is 0. The van der Waals surface area contributed by atoms with E-state index in [1.807, 2.05) is 6.07 Å². The van der Waals surface area contributed by atoms with Gasteiger partial charge in [-0.1, -0.05) is 182 Å². The van der Waals surface area contributed by atoms with Crippen molar-refractivity contribution in [3.63, 3.8) is 0 Å². The van der Waals surface area contributed by atoms with Crippen molar-refractivity contribution in [1.29, 1.82) is 0 Å². The van der Waals surface area contributed by atoms with Gasteiger partial charge in [0.15, 0.2) is 0 Å². The Kier molecular flexibility index (Phi) is 8.19. The van der Waals surface area contributed by atoms with Crippen LogP contribution in [0, 0.1) is 0 Å². The van der Waals surface area contributed by atoms with Crippen molar-refractivity contribution in [3.05, 3.63) is 224 Å². The molecule has 272 valence electrons. The zero-order valence-corrected chi connectivity index (χ0v) is 31.7. The molecule has 11 rings (SSSR count). The van der Waals surface area contributed by atoms with Crippen molar-refractivity contribution in [2.24, 2.45) is 0 Å². The first-order valence-corrected chi connectivity index (χ1v) is 19.8. The van der Waals surface area contributed by atoms with Gasteiger partial charge in [0.1, 0.15) is 11.2 Å². The van der Waals surface area contributed by atoms with Gasteiger partial charge in [0.25, 0.3) is 0 Å².